The van der Waals surface area contributed by atoms with Crippen LogP contribution in [0.4, 0.5) is 5.95 Å². The number of aromatic nitrogens is 2. The summed E-state index contributed by atoms with van der Waals surface area (Å²) in [6, 6.07) is 7.39. The van der Waals surface area contributed by atoms with E-state index >= 15 is 0 Å². The van der Waals surface area contributed by atoms with Crippen LogP contribution in [0.5, 0.6) is 0 Å². The summed E-state index contributed by atoms with van der Waals surface area (Å²) >= 11 is 7.74. The fraction of sp³-hybridized carbons (Fsp3) is 0.429. The largest absolute Gasteiger partial charge is 0.355 e. The van der Waals surface area contributed by atoms with Gasteiger partial charge in [-0.25, -0.2) is 9.55 Å². The Morgan fingerprint density at radius 2 is 2.07 bits per heavy atom. The lowest BCUT2D eigenvalue weighted by Crippen LogP contribution is -3.08. The molecule has 1 aliphatic heterocycles. The van der Waals surface area contributed by atoms with E-state index in [9.17, 15) is 4.79 Å². The molecule has 4 rings (SSSR count). The summed E-state index contributed by atoms with van der Waals surface area (Å²) in [4.78, 5) is 22.1. The third kappa shape index (κ3) is 3.69. The van der Waals surface area contributed by atoms with Crippen molar-refractivity contribution in [2.24, 2.45) is 0 Å². The average molecular weight is 418 g/mol. The molecule has 0 amide bonds. The monoisotopic (exact) mass is 417 g/mol. The van der Waals surface area contributed by atoms with Gasteiger partial charge in [0.2, 0.25) is 5.95 Å². The molecular formula is C21H26ClN4OS+. The third-order valence-electron chi connectivity index (χ3n) is 5.32. The maximum absolute atomic E-state index is 13.6. The highest BCUT2D eigenvalue weighted by molar-refractivity contribution is 7.18. The number of likely N-dealkylation sites (N-methyl/N-ethyl adjacent to an activating group) is 1. The number of halogens is 1. The number of nitrogens with one attached hydrogen (secondary N) is 2. The van der Waals surface area contributed by atoms with Gasteiger partial charge in [-0.15, -0.1) is 11.3 Å². The van der Waals surface area contributed by atoms with E-state index in [-0.39, 0.29) is 5.56 Å². The van der Waals surface area contributed by atoms with Crippen LogP contribution >= 0.6 is 22.9 Å². The Labute approximate surface area is 174 Å². The molecule has 1 aliphatic rings. The van der Waals surface area contributed by atoms with Gasteiger partial charge in [-0.05, 0) is 36.2 Å². The highest BCUT2D eigenvalue weighted by Gasteiger charge is 2.26. The van der Waals surface area contributed by atoms with Crippen LogP contribution in [0.15, 0.2) is 29.1 Å². The molecule has 148 valence electrons. The molecule has 0 fully saturated rings. The van der Waals surface area contributed by atoms with Gasteiger partial charge in [0.05, 0.1) is 29.5 Å². The Balaban J connectivity index is 1.86. The molecule has 28 heavy (non-hydrogen) atoms. The Hall–Kier alpha value is -1.89. The second kappa shape index (κ2) is 8.23. The molecule has 0 saturated heterocycles. The van der Waals surface area contributed by atoms with E-state index in [2.05, 4.69) is 19.3 Å². The SMILES string of the molecule is CCCCCNc1nc2sc3c(c2c(=O)n1-c1ccc(Cl)cc1)CC[NH+](C)C3. The average Bonchev–Trinajstić information content (AvgIpc) is 3.04. The topological polar surface area (TPSA) is 51.4 Å². The van der Waals surface area contributed by atoms with E-state index in [0.717, 1.165) is 61.2 Å². The maximum atomic E-state index is 13.6. The molecule has 0 radical (unpaired) electrons. The Bertz CT molecular complexity index is 1040. The quantitative estimate of drug-likeness (QED) is 0.605. The molecule has 3 aromatic rings. The Morgan fingerprint density at radius 1 is 1.29 bits per heavy atom. The predicted octanol–water partition coefficient (Wildman–Crippen LogP) is 3.27. The molecule has 5 nitrogen and oxygen atoms in total. The molecule has 7 heteroatoms. The number of quaternary nitrogens is 1. The van der Waals surface area contributed by atoms with Gasteiger partial charge in [0, 0.05) is 18.0 Å². The second-order valence-electron chi connectivity index (χ2n) is 7.50. The summed E-state index contributed by atoms with van der Waals surface area (Å²) in [6.07, 6.45) is 4.30. The van der Waals surface area contributed by atoms with Crippen LogP contribution in [0.1, 0.15) is 36.6 Å². The summed E-state index contributed by atoms with van der Waals surface area (Å²) in [7, 11) is 2.20. The zero-order valence-electron chi connectivity index (χ0n) is 16.3. The number of hydrogen-bond acceptors (Lipinski definition) is 4. The van der Waals surface area contributed by atoms with Crippen molar-refractivity contribution >= 4 is 39.1 Å². The predicted molar refractivity (Wildman–Crippen MR) is 117 cm³/mol. The first-order chi connectivity index (χ1) is 13.6. The number of benzene rings is 1. The van der Waals surface area contributed by atoms with Crippen molar-refractivity contribution in [1.82, 2.24) is 9.55 Å². The van der Waals surface area contributed by atoms with Crippen LogP contribution in [0.25, 0.3) is 15.9 Å². The first-order valence-corrected chi connectivity index (χ1v) is 11.2. The minimum atomic E-state index is 0.0161. The van der Waals surface area contributed by atoms with Gasteiger partial charge in [-0.3, -0.25) is 4.79 Å². The Morgan fingerprint density at radius 3 is 2.82 bits per heavy atom. The van der Waals surface area contributed by atoms with E-state index < -0.39 is 0 Å². The molecule has 0 spiro atoms. The first kappa shape index (κ1) is 19.4. The minimum absolute atomic E-state index is 0.0161. The van der Waals surface area contributed by atoms with Crippen molar-refractivity contribution in [3.63, 3.8) is 0 Å². The van der Waals surface area contributed by atoms with Crippen LogP contribution in [-0.2, 0) is 13.0 Å². The van der Waals surface area contributed by atoms with E-state index in [0.29, 0.717) is 11.0 Å². The van der Waals surface area contributed by atoms with Crippen LogP contribution in [-0.4, -0.2) is 29.7 Å². The lowest BCUT2D eigenvalue weighted by Gasteiger charge is -2.19. The third-order valence-corrected chi connectivity index (χ3v) is 6.70. The van der Waals surface area contributed by atoms with Crippen LogP contribution in [0.2, 0.25) is 5.02 Å². The van der Waals surface area contributed by atoms with Crippen LogP contribution in [0, 0.1) is 0 Å². The van der Waals surface area contributed by atoms with E-state index in [1.54, 1.807) is 15.9 Å². The number of hydrogen-bond donors (Lipinski definition) is 2. The van der Waals surface area contributed by atoms with Crippen LogP contribution in [0.3, 0.4) is 0 Å². The van der Waals surface area contributed by atoms with Crippen molar-refractivity contribution in [3.8, 4) is 5.69 Å². The van der Waals surface area contributed by atoms with E-state index in [1.807, 2.05) is 24.3 Å². The van der Waals surface area contributed by atoms with Gasteiger partial charge in [0.25, 0.3) is 5.56 Å². The van der Waals surface area contributed by atoms with Crippen molar-refractivity contribution < 1.29 is 4.90 Å². The van der Waals surface area contributed by atoms with Gasteiger partial charge < -0.3 is 10.2 Å². The summed E-state index contributed by atoms with van der Waals surface area (Å²) in [6.45, 7) is 5.01. The van der Waals surface area contributed by atoms with Crippen molar-refractivity contribution in [1.29, 1.82) is 0 Å². The molecule has 1 unspecified atom stereocenters. The lowest BCUT2D eigenvalue weighted by atomic mass is 10.1. The molecule has 0 bridgehead atoms. The molecule has 3 heterocycles. The molecule has 2 N–H and O–H groups in total. The smallest absolute Gasteiger partial charge is 0.268 e. The molecule has 0 saturated carbocycles. The first-order valence-electron chi connectivity index (χ1n) is 9.97. The molecule has 2 aromatic heterocycles. The van der Waals surface area contributed by atoms with Gasteiger partial charge in [-0.2, -0.15) is 0 Å². The zero-order chi connectivity index (χ0) is 19.7. The highest BCUT2D eigenvalue weighted by atomic mass is 35.5. The summed E-state index contributed by atoms with van der Waals surface area (Å²) in [5, 5.41) is 4.85. The summed E-state index contributed by atoms with van der Waals surface area (Å²) in [5.41, 5.74) is 2.01. The van der Waals surface area contributed by atoms with Crippen molar-refractivity contribution in [2.75, 3.05) is 25.5 Å². The normalized spacial score (nSPS) is 16.3. The number of fused-ring (bicyclic) bond motifs is 3. The minimum Gasteiger partial charge on any atom is -0.355 e. The van der Waals surface area contributed by atoms with E-state index in [1.165, 1.54) is 15.3 Å². The van der Waals surface area contributed by atoms with Crippen LogP contribution < -0.4 is 15.8 Å². The van der Waals surface area contributed by atoms with Gasteiger partial charge in [0.15, 0.2) is 0 Å². The summed E-state index contributed by atoms with van der Waals surface area (Å²) in [5.74, 6) is 0.621. The number of thiophene rings is 1. The Kier molecular flexibility index (Phi) is 5.71. The maximum Gasteiger partial charge on any atom is 0.268 e. The van der Waals surface area contributed by atoms with Gasteiger partial charge in [-0.1, -0.05) is 31.4 Å². The molecule has 1 atom stereocenters. The number of rotatable bonds is 6. The summed E-state index contributed by atoms with van der Waals surface area (Å²) < 4.78 is 1.71. The molecular weight excluding hydrogens is 392 g/mol. The molecule has 1 aromatic carbocycles. The second-order valence-corrected chi connectivity index (χ2v) is 9.02. The fourth-order valence-electron chi connectivity index (χ4n) is 3.78. The van der Waals surface area contributed by atoms with Gasteiger partial charge >= 0.3 is 0 Å². The standard InChI is InChI=1S/C21H25ClN4OS/c1-3-4-5-11-23-21-24-19-18(16-10-12-25(2)13-17(16)28-19)20(27)26(21)15-8-6-14(22)7-9-15/h6-9H,3-5,10-13H2,1-2H3,(H,23,24)/p+1. The number of unbranched alkanes of at least 4 members (excludes halogenated alkanes) is 2. The molecule has 0 aliphatic carbocycles. The fourth-order valence-corrected chi connectivity index (χ4v) is 5.23. The number of anilines is 1. The zero-order valence-corrected chi connectivity index (χ0v) is 17.9. The van der Waals surface area contributed by atoms with Gasteiger partial charge in [0.1, 0.15) is 11.4 Å². The van der Waals surface area contributed by atoms with E-state index in [4.69, 9.17) is 16.6 Å². The van der Waals surface area contributed by atoms with Crippen molar-refractivity contribution in [3.05, 3.63) is 50.1 Å². The lowest BCUT2D eigenvalue weighted by molar-refractivity contribution is -0.895. The van der Waals surface area contributed by atoms with Crippen molar-refractivity contribution in [2.45, 2.75) is 39.2 Å². The highest BCUT2D eigenvalue weighted by Crippen LogP contribution is 2.30. The number of nitrogens with zero attached hydrogens (tertiary/aromatic N) is 2.